The van der Waals surface area contributed by atoms with Gasteiger partial charge in [-0.15, -0.1) is 0 Å². The van der Waals surface area contributed by atoms with Crippen molar-refractivity contribution >= 4 is 12.2 Å². The van der Waals surface area contributed by atoms with Gasteiger partial charge < -0.3 is 5.32 Å². The van der Waals surface area contributed by atoms with Crippen LogP contribution < -0.4 is 5.32 Å². The summed E-state index contributed by atoms with van der Waals surface area (Å²) in [5.41, 5.74) is 5.98. The monoisotopic (exact) mass is 350 g/mol. The molecule has 3 rings (SSSR count). The number of amides is 1. The molecule has 0 aliphatic carbocycles. The van der Waals surface area contributed by atoms with Gasteiger partial charge >= 0.3 is 0 Å². The maximum absolute atomic E-state index is 11.9. The average molecular weight is 350 g/mol. The predicted octanol–water partition coefficient (Wildman–Crippen LogP) is 4.06. The van der Waals surface area contributed by atoms with Crippen molar-refractivity contribution in [1.29, 1.82) is 0 Å². The van der Waals surface area contributed by atoms with Gasteiger partial charge in [0.1, 0.15) is 6.29 Å². The number of carbonyl (C=O) groups excluding carboxylic acids is 2. The van der Waals surface area contributed by atoms with Gasteiger partial charge in [0.15, 0.2) is 0 Å². The zero-order chi connectivity index (χ0) is 18.8. The SMILES string of the molecule is CC(C)c1ccc(CN(C)C(C)c2cccc3c2CNC3=O)c(C=O)c1. The second kappa shape index (κ2) is 7.42. The lowest BCUT2D eigenvalue weighted by Gasteiger charge is -2.27. The van der Waals surface area contributed by atoms with E-state index in [2.05, 4.69) is 56.2 Å². The average Bonchev–Trinajstić information content (AvgIpc) is 3.02. The van der Waals surface area contributed by atoms with Crippen molar-refractivity contribution in [2.24, 2.45) is 0 Å². The van der Waals surface area contributed by atoms with E-state index in [1.165, 1.54) is 5.56 Å². The number of nitrogens with one attached hydrogen (secondary N) is 1. The molecule has 0 saturated heterocycles. The highest BCUT2D eigenvalue weighted by Crippen LogP contribution is 2.29. The second-order valence-electron chi connectivity index (χ2n) is 7.38. The van der Waals surface area contributed by atoms with Crippen LogP contribution in [-0.2, 0) is 13.1 Å². The molecular formula is C22H26N2O2. The van der Waals surface area contributed by atoms with Gasteiger partial charge in [-0.2, -0.15) is 0 Å². The summed E-state index contributed by atoms with van der Waals surface area (Å²) < 4.78 is 0. The topological polar surface area (TPSA) is 49.4 Å². The molecule has 1 N–H and O–H groups in total. The Balaban J connectivity index is 1.84. The third-order valence-electron chi connectivity index (χ3n) is 5.38. The van der Waals surface area contributed by atoms with Gasteiger partial charge in [-0.25, -0.2) is 0 Å². The number of fused-ring (bicyclic) bond motifs is 1. The van der Waals surface area contributed by atoms with Crippen LogP contribution in [0.2, 0.25) is 0 Å². The van der Waals surface area contributed by atoms with Gasteiger partial charge in [-0.05, 0) is 54.3 Å². The van der Waals surface area contributed by atoms with E-state index in [-0.39, 0.29) is 11.9 Å². The quantitative estimate of drug-likeness (QED) is 0.799. The van der Waals surface area contributed by atoms with Crippen LogP contribution >= 0.6 is 0 Å². The Hall–Kier alpha value is -2.46. The minimum Gasteiger partial charge on any atom is -0.348 e. The van der Waals surface area contributed by atoms with Crippen LogP contribution in [0.3, 0.4) is 0 Å². The van der Waals surface area contributed by atoms with Crippen LogP contribution in [0.15, 0.2) is 36.4 Å². The zero-order valence-electron chi connectivity index (χ0n) is 15.9. The first kappa shape index (κ1) is 18.3. The van der Waals surface area contributed by atoms with Crippen LogP contribution in [0.4, 0.5) is 0 Å². The highest BCUT2D eigenvalue weighted by Gasteiger charge is 2.25. The molecule has 1 amide bonds. The first-order valence-electron chi connectivity index (χ1n) is 9.10. The number of hydrogen-bond donors (Lipinski definition) is 1. The molecule has 0 saturated carbocycles. The fourth-order valence-electron chi connectivity index (χ4n) is 3.54. The molecule has 0 spiro atoms. The third kappa shape index (κ3) is 3.42. The Kier molecular flexibility index (Phi) is 5.23. The summed E-state index contributed by atoms with van der Waals surface area (Å²) in [7, 11) is 2.05. The van der Waals surface area contributed by atoms with E-state index in [1.54, 1.807) is 0 Å². The molecule has 1 aliphatic rings. The standard InChI is InChI=1S/C22H26N2O2/c1-14(2)16-8-9-17(18(10-16)13-25)12-24(4)15(3)19-6-5-7-20-21(19)11-23-22(20)26/h5-10,13-15H,11-12H2,1-4H3,(H,23,26). The highest BCUT2D eigenvalue weighted by atomic mass is 16.1. The fourth-order valence-corrected chi connectivity index (χ4v) is 3.54. The van der Waals surface area contributed by atoms with Crippen LogP contribution in [0.5, 0.6) is 0 Å². The Bertz CT molecular complexity index is 842. The smallest absolute Gasteiger partial charge is 0.251 e. The lowest BCUT2D eigenvalue weighted by atomic mass is 9.95. The number of rotatable bonds is 6. The summed E-state index contributed by atoms with van der Waals surface area (Å²) in [6, 6.07) is 12.2. The van der Waals surface area contributed by atoms with E-state index in [0.29, 0.717) is 19.0 Å². The van der Waals surface area contributed by atoms with Crippen LogP contribution in [0.25, 0.3) is 0 Å². The first-order valence-corrected chi connectivity index (χ1v) is 9.10. The Morgan fingerprint density at radius 2 is 1.96 bits per heavy atom. The van der Waals surface area contributed by atoms with Gasteiger partial charge in [-0.1, -0.05) is 38.1 Å². The minimum absolute atomic E-state index is 0.00391. The summed E-state index contributed by atoms with van der Waals surface area (Å²) in [5.74, 6) is 0.403. The van der Waals surface area contributed by atoms with E-state index < -0.39 is 0 Å². The van der Waals surface area contributed by atoms with Crippen molar-refractivity contribution in [3.8, 4) is 0 Å². The zero-order valence-corrected chi connectivity index (χ0v) is 15.9. The summed E-state index contributed by atoms with van der Waals surface area (Å²) in [6.07, 6.45) is 0.947. The molecule has 1 aliphatic heterocycles. The van der Waals surface area contributed by atoms with Crippen molar-refractivity contribution in [3.63, 3.8) is 0 Å². The Morgan fingerprint density at radius 3 is 2.65 bits per heavy atom. The van der Waals surface area contributed by atoms with Crippen LogP contribution in [-0.4, -0.2) is 24.1 Å². The largest absolute Gasteiger partial charge is 0.348 e. The van der Waals surface area contributed by atoms with Crippen LogP contribution in [0.1, 0.15) is 75.7 Å². The number of carbonyl (C=O) groups is 2. The second-order valence-corrected chi connectivity index (χ2v) is 7.38. The van der Waals surface area contributed by atoms with Crippen molar-refractivity contribution in [3.05, 3.63) is 69.8 Å². The van der Waals surface area contributed by atoms with Crippen molar-refractivity contribution in [1.82, 2.24) is 10.2 Å². The Labute approximate surface area is 155 Å². The third-order valence-corrected chi connectivity index (χ3v) is 5.38. The molecule has 136 valence electrons. The van der Waals surface area contributed by atoms with E-state index in [0.717, 1.165) is 34.1 Å². The van der Waals surface area contributed by atoms with E-state index in [4.69, 9.17) is 0 Å². The summed E-state index contributed by atoms with van der Waals surface area (Å²) in [6.45, 7) is 7.66. The maximum Gasteiger partial charge on any atom is 0.251 e. The molecule has 4 heteroatoms. The molecule has 0 fully saturated rings. The molecule has 1 atom stereocenters. The molecule has 0 radical (unpaired) electrons. The normalized spacial score (nSPS) is 14.5. The molecule has 26 heavy (non-hydrogen) atoms. The number of benzene rings is 2. The van der Waals surface area contributed by atoms with Crippen molar-refractivity contribution in [2.45, 2.75) is 45.8 Å². The maximum atomic E-state index is 11.9. The fraction of sp³-hybridized carbons (Fsp3) is 0.364. The number of nitrogens with zero attached hydrogens (tertiary/aromatic N) is 1. The van der Waals surface area contributed by atoms with Gasteiger partial charge in [-0.3, -0.25) is 14.5 Å². The molecule has 0 aromatic heterocycles. The summed E-state index contributed by atoms with van der Waals surface area (Å²) in [4.78, 5) is 25.7. The molecule has 4 nitrogen and oxygen atoms in total. The summed E-state index contributed by atoms with van der Waals surface area (Å²) >= 11 is 0. The van der Waals surface area contributed by atoms with Gasteiger partial charge in [0.2, 0.25) is 0 Å². The number of aldehydes is 1. The van der Waals surface area contributed by atoms with Gasteiger partial charge in [0.25, 0.3) is 5.91 Å². The van der Waals surface area contributed by atoms with Crippen molar-refractivity contribution < 1.29 is 9.59 Å². The molecule has 1 heterocycles. The predicted molar refractivity (Wildman–Crippen MR) is 103 cm³/mol. The minimum atomic E-state index is 0.00391. The first-order chi connectivity index (χ1) is 12.4. The summed E-state index contributed by atoms with van der Waals surface area (Å²) in [5, 5.41) is 2.90. The molecular weight excluding hydrogens is 324 g/mol. The molecule has 0 bridgehead atoms. The van der Waals surface area contributed by atoms with Gasteiger partial charge in [0.05, 0.1) is 0 Å². The van der Waals surface area contributed by atoms with E-state index in [1.807, 2.05) is 18.2 Å². The molecule has 2 aromatic carbocycles. The highest BCUT2D eigenvalue weighted by molar-refractivity contribution is 5.98. The lowest BCUT2D eigenvalue weighted by Crippen LogP contribution is -2.23. The van der Waals surface area contributed by atoms with Crippen molar-refractivity contribution in [2.75, 3.05) is 7.05 Å². The van der Waals surface area contributed by atoms with E-state index in [9.17, 15) is 9.59 Å². The van der Waals surface area contributed by atoms with Crippen LogP contribution in [0, 0.1) is 0 Å². The van der Waals surface area contributed by atoms with E-state index >= 15 is 0 Å². The lowest BCUT2D eigenvalue weighted by molar-refractivity contribution is 0.0965. The molecule has 1 unspecified atom stereocenters. The van der Waals surface area contributed by atoms with Gasteiger partial charge in [0, 0.05) is 30.3 Å². The Morgan fingerprint density at radius 1 is 1.19 bits per heavy atom. The number of hydrogen-bond acceptors (Lipinski definition) is 3. The molecule has 2 aromatic rings.